The van der Waals surface area contributed by atoms with E-state index in [0.29, 0.717) is 12.0 Å². The first-order chi connectivity index (χ1) is 7.11. The van der Waals surface area contributed by atoms with E-state index < -0.39 is 12.0 Å². The number of hydrogen-bond donors (Lipinski definition) is 2. The van der Waals surface area contributed by atoms with Gasteiger partial charge in [-0.2, -0.15) is 0 Å². The van der Waals surface area contributed by atoms with Crippen LogP contribution in [0.15, 0.2) is 0 Å². The fourth-order valence-electron chi connectivity index (χ4n) is 2.49. The van der Waals surface area contributed by atoms with E-state index in [0.717, 1.165) is 39.1 Å². The minimum Gasteiger partial charge on any atom is -0.382 e. The molecule has 5 nitrogen and oxygen atoms in total. The normalized spacial score (nSPS) is 27.3. The summed E-state index contributed by atoms with van der Waals surface area (Å²) >= 11 is 0. The summed E-state index contributed by atoms with van der Waals surface area (Å²) in [5, 5.41) is 9.31. The van der Waals surface area contributed by atoms with Gasteiger partial charge in [0.15, 0.2) is 0 Å². The minimum absolute atomic E-state index is 0.373. The predicted octanol–water partition coefficient (Wildman–Crippen LogP) is -1.05. The fourth-order valence-corrected chi connectivity index (χ4v) is 2.49. The zero-order valence-electron chi connectivity index (χ0n) is 8.82. The summed E-state index contributed by atoms with van der Waals surface area (Å²) in [6, 6.07) is 0. The Hall–Kier alpha value is -0.650. The Kier molecular flexibility index (Phi) is 2.95. The first kappa shape index (κ1) is 10.9. The minimum atomic E-state index is -1.03. The third-order valence-electron chi connectivity index (χ3n) is 3.43. The average molecular weight is 214 g/mol. The van der Waals surface area contributed by atoms with Gasteiger partial charge < -0.3 is 15.6 Å². The largest absolute Gasteiger partial charge is 0.382 e. The van der Waals surface area contributed by atoms with Gasteiger partial charge in [-0.15, -0.1) is 0 Å². The van der Waals surface area contributed by atoms with Gasteiger partial charge in [0.05, 0.1) is 0 Å². The summed E-state index contributed by atoms with van der Waals surface area (Å²) in [6.07, 6.45) is 1.16. The van der Waals surface area contributed by atoms with Crippen LogP contribution in [0.2, 0.25) is 0 Å². The zero-order valence-corrected chi connectivity index (χ0v) is 8.82. The maximum atomic E-state index is 10.7. The van der Waals surface area contributed by atoms with E-state index in [2.05, 4.69) is 4.90 Å². The summed E-state index contributed by atoms with van der Waals surface area (Å²) in [4.78, 5) is 12.8. The van der Waals surface area contributed by atoms with Crippen molar-refractivity contribution in [2.75, 3.05) is 32.8 Å². The number of ether oxygens (including phenoxy) is 1. The molecular weight excluding hydrogens is 196 g/mol. The number of carbonyl (C=O) groups is 1. The smallest absolute Gasteiger partial charge is 0.247 e. The molecule has 1 atom stereocenters. The number of rotatable bonds is 3. The van der Waals surface area contributed by atoms with Crippen molar-refractivity contribution in [1.82, 2.24) is 4.90 Å². The third kappa shape index (κ3) is 2.30. The van der Waals surface area contributed by atoms with Crippen LogP contribution in [-0.2, 0) is 9.53 Å². The van der Waals surface area contributed by atoms with Crippen LogP contribution in [-0.4, -0.2) is 54.9 Å². The number of carbonyl (C=O) groups excluding carboxylic acids is 1. The number of nitrogens with zero attached hydrogens (tertiary/aromatic N) is 1. The number of primary amides is 1. The molecule has 0 radical (unpaired) electrons. The highest BCUT2D eigenvalue weighted by molar-refractivity contribution is 5.78. The molecule has 2 rings (SSSR count). The van der Waals surface area contributed by atoms with Crippen molar-refractivity contribution in [3.63, 3.8) is 0 Å². The monoisotopic (exact) mass is 214 g/mol. The molecule has 2 aliphatic rings. The fraction of sp³-hybridized carbons (Fsp3) is 0.900. The Morgan fingerprint density at radius 1 is 1.47 bits per heavy atom. The third-order valence-corrected chi connectivity index (χ3v) is 3.43. The number of β-amino-alcohol motifs (C(OH)–C–C–N with tert-alkyl or cyclic N) is 1. The van der Waals surface area contributed by atoms with Crippen LogP contribution in [0.1, 0.15) is 12.8 Å². The molecule has 0 aliphatic carbocycles. The molecule has 0 aromatic heterocycles. The Morgan fingerprint density at radius 2 is 2.07 bits per heavy atom. The molecule has 1 amide bonds. The molecule has 0 aromatic rings. The van der Waals surface area contributed by atoms with Crippen LogP contribution in [0.25, 0.3) is 0 Å². The topological polar surface area (TPSA) is 75.8 Å². The molecule has 1 spiro atoms. The Morgan fingerprint density at radius 3 is 2.60 bits per heavy atom. The predicted molar refractivity (Wildman–Crippen MR) is 54.1 cm³/mol. The van der Waals surface area contributed by atoms with Gasteiger partial charge >= 0.3 is 0 Å². The molecule has 3 N–H and O–H groups in total. The Balaban J connectivity index is 1.75. The lowest BCUT2D eigenvalue weighted by Crippen LogP contribution is -2.60. The highest BCUT2D eigenvalue weighted by Gasteiger charge is 2.44. The van der Waals surface area contributed by atoms with Gasteiger partial charge in [-0.25, -0.2) is 0 Å². The number of amides is 1. The van der Waals surface area contributed by atoms with E-state index >= 15 is 0 Å². The molecule has 15 heavy (non-hydrogen) atoms. The zero-order chi connectivity index (χ0) is 10.9. The molecule has 2 saturated heterocycles. The molecule has 1 unspecified atom stereocenters. The maximum Gasteiger partial charge on any atom is 0.247 e. The molecule has 2 aliphatic heterocycles. The second-order valence-electron chi connectivity index (χ2n) is 4.70. The molecule has 2 heterocycles. The molecule has 0 bridgehead atoms. The first-order valence-electron chi connectivity index (χ1n) is 5.39. The van der Waals surface area contributed by atoms with Crippen LogP contribution in [0.5, 0.6) is 0 Å². The quantitative estimate of drug-likeness (QED) is 0.628. The van der Waals surface area contributed by atoms with E-state index in [4.69, 9.17) is 10.5 Å². The maximum absolute atomic E-state index is 10.7. The van der Waals surface area contributed by atoms with Gasteiger partial charge in [0.2, 0.25) is 5.91 Å². The number of aliphatic hydroxyl groups excluding tert-OH is 1. The number of aliphatic hydroxyl groups is 1. The number of likely N-dealkylation sites (tertiary alicyclic amines) is 1. The molecule has 86 valence electrons. The average Bonchev–Trinajstić information content (AvgIpc) is 2.16. The second kappa shape index (κ2) is 4.08. The van der Waals surface area contributed by atoms with E-state index in [-0.39, 0.29) is 0 Å². The SMILES string of the molecule is NC(=O)C(O)CN1CC2(CCOCC2)C1. The number of hydrogen-bond acceptors (Lipinski definition) is 4. The van der Waals surface area contributed by atoms with Gasteiger partial charge in [0.1, 0.15) is 6.10 Å². The van der Waals surface area contributed by atoms with Gasteiger partial charge in [-0.3, -0.25) is 9.69 Å². The van der Waals surface area contributed by atoms with Crippen molar-refractivity contribution < 1.29 is 14.6 Å². The number of nitrogens with two attached hydrogens (primary N) is 1. The molecular formula is C10H18N2O3. The second-order valence-corrected chi connectivity index (χ2v) is 4.70. The summed E-state index contributed by atoms with van der Waals surface area (Å²) in [7, 11) is 0. The van der Waals surface area contributed by atoms with E-state index in [1.165, 1.54) is 0 Å². The van der Waals surface area contributed by atoms with Crippen molar-refractivity contribution in [1.29, 1.82) is 0 Å². The van der Waals surface area contributed by atoms with Crippen LogP contribution in [0, 0.1) is 5.41 Å². The van der Waals surface area contributed by atoms with Gasteiger partial charge in [-0.05, 0) is 12.8 Å². The lowest BCUT2D eigenvalue weighted by atomic mass is 9.73. The highest BCUT2D eigenvalue weighted by atomic mass is 16.5. The van der Waals surface area contributed by atoms with Crippen LogP contribution in [0.3, 0.4) is 0 Å². The van der Waals surface area contributed by atoms with Crippen molar-refractivity contribution in [2.24, 2.45) is 11.1 Å². The summed E-state index contributed by atoms with van der Waals surface area (Å²) in [5.74, 6) is -0.636. The van der Waals surface area contributed by atoms with E-state index in [1.54, 1.807) is 0 Å². The van der Waals surface area contributed by atoms with E-state index in [9.17, 15) is 9.90 Å². The lowest BCUT2D eigenvalue weighted by molar-refractivity contribution is -0.131. The van der Waals surface area contributed by atoms with Gasteiger partial charge in [0.25, 0.3) is 0 Å². The van der Waals surface area contributed by atoms with E-state index in [1.807, 2.05) is 0 Å². The highest BCUT2D eigenvalue weighted by Crippen LogP contribution is 2.39. The van der Waals surface area contributed by atoms with Crippen molar-refractivity contribution in [3.05, 3.63) is 0 Å². The summed E-state index contributed by atoms with van der Waals surface area (Å²) < 4.78 is 5.31. The standard InChI is InChI=1S/C10H18N2O3/c11-9(14)8(13)5-12-6-10(7-12)1-3-15-4-2-10/h8,13H,1-7H2,(H2,11,14). The lowest BCUT2D eigenvalue weighted by Gasteiger charge is -2.52. The van der Waals surface area contributed by atoms with Gasteiger partial charge in [-0.1, -0.05) is 0 Å². The molecule has 0 saturated carbocycles. The summed E-state index contributed by atoms with van der Waals surface area (Å²) in [6.45, 7) is 3.97. The Bertz CT molecular complexity index is 243. The van der Waals surface area contributed by atoms with Gasteiger partial charge in [0, 0.05) is 38.3 Å². The van der Waals surface area contributed by atoms with Crippen LogP contribution < -0.4 is 5.73 Å². The molecule has 2 fully saturated rings. The van der Waals surface area contributed by atoms with Crippen LogP contribution in [0.4, 0.5) is 0 Å². The first-order valence-corrected chi connectivity index (χ1v) is 5.39. The van der Waals surface area contributed by atoms with Crippen molar-refractivity contribution in [2.45, 2.75) is 18.9 Å². The molecule has 0 aromatic carbocycles. The van der Waals surface area contributed by atoms with Crippen LogP contribution >= 0.6 is 0 Å². The van der Waals surface area contributed by atoms with Crippen molar-refractivity contribution >= 4 is 5.91 Å². The summed E-state index contributed by atoms with van der Waals surface area (Å²) in [5.41, 5.74) is 5.38. The van der Waals surface area contributed by atoms with Crippen molar-refractivity contribution in [3.8, 4) is 0 Å². The Labute approximate surface area is 89.2 Å². The molecule has 5 heteroatoms.